The highest BCUT2D eigenvalue weighted by Crippen LogP contribution is 2.55. The first-order valence-electron chi connectivity index (χ1n) is 8.34. The van der Waals surface area contributed by atoms with Gasteiger partial charge in [-0.1, -0.05) is 38.6 Å². The van der Waals surface area contributed by atoms with Crippen LogP contribution in [0.3, 0.4) is 0 Å². The fourth-order valence-corrected chi connectivity index (χ4v) is 4.07. The largest absolute Gasteiger partial charge is 0.365 e. The van der Waals surface area contributed by atoms with Gasteiger partial charge in [0.25, 0.3) is 11.8 Å². The molecule has 2 rings (SSSR count). The fourth-order valence-electron chi connectivity index (χ4n) is 2.71. The number of nitrogens with zero attached hydrogens (tertiary/aromatic N) is 1. The Hall–Kier alpha value is -2.75. The third-order valence-corrected chi connectivity index (χ3v) is 5.92. The summed E-state index contributed by atoms with van der Waals surface area (Å²) < 4.78 is 0. The van der Waals surface area contributed by atoms with Gasteiger partial charge < -0.3 is 22.1 Å². The topological polar surface area (TPSA) is 152 Å². The van der Waals surface area contributed by atoms with Crippen molar-refractivity contribution in [2.45, 2.75) is 32.6 Å². The van der Waals surface area contributed by atoms with Crippen molar-refractivity contribution in [2.24, 2.45) is 16.9 Å². The molecule has 4 amide bonds. The van der Waals surface area contributed by atoms with Crippen LogP contribution in [0, 0.1) is 5.41 Å². The van der Waals surface area contributed by atoms with E-state index in [4.69, 9.17) is 11.5 Å². The van der Waals surface area contributed by atoms with Crippen LogP contribution in [-0.4, -0.2) is 29.4 Å². The standard InChI is InChI=1S/C17H24N6O3S/c1-5-20-15(26)22-10-7-6-9(8-21-10)17(16(2,3)4)23-11(13(18)24)12(27-17)14(19)25/h6-8,23H,5H2,1-4H3,(H2,18,24)(H2,19,25)(H2,20,21,22,26). The van der Waals surface area contributed by atoms with Gasteiger partial charge in [-0.3, -0.25) is 14.9 Å². The Balaban J connectivity index is 2.41. The van der Waals surface area contributed by atoms with Crippen molar-refractivity contribution >= 4 is 35.4 Å². The van der Waals surface area contributed by atoms with Crippen molar-refractivity contribution in [3.63, 3.8) is 0 Å². The number of urea groups is 1. The van der Waals surface area contributed by atoms with E-state index in [1.807, 2.05) is 27.7 Å². The Kier molecular flexibility index (Phi) is 5.69. The van der Waals surface area contributed by atoms with Crippen molar-refractivity contribution in [3.8, 4) is 0 Å². The number of rotatable bonds is 5. The van der Waals surface area contributed by atoms with E-state index < -0.39 is 22.1 Å². The first kappa shape index (κ1) is 20.6. The maximum atomic E-state index is 11.8. The van der Waals surface area contributed by atoms with Gasteiger partial charge in [0.2, 0.25) is 0 Å². The van der Waals surface area contributed by atoms with Gasteiger partial charge >= 0.3 is 6.03 Å². The van der Waals surface area contributed by atoms with Gasteiger partial charge in [-0.05, 0) is 18.4 Å². The molecule has 7 N–H and O–H groups in total. The minimum absolute atomic E-state index is 0.00745. The van der Waals surface area contributed by atoms with Gasteiger partial charge in [0.05, 0.1) is 0 Å². The van der Waals surface area contributed by atoms with Crippen LogP contribution >= 0.6 is 11.8 Å². The number of primary amides is 2. The summed E-state index contributed by atoms with van der Waals surface area (Å²) in [5.74, 6) is -1.12. The fraction of sp³-hybridized carbons (Fsp3) is 0.412. The normalized spacial score (nSPS) is 19.4. The second-order valence-electron chi connectivity index (χ2n) is 7.01. The van der Waals surface area contributed by atoms with Crippen molar-refractivity contribution < 1.29 is 14.4 Å². The smallest absolute Gasteiger partial charge is 0.320 e. The number of pyridine rings is 1. The van der Waals surface area contributed by atoms with E-state index in [1.165, 1.54) is 0 Å². The van der Waals surface area contributed by atoms with Crippen LogP contribution in [0.15, 0.2) is 28.9 Å². The molecule has 1 atom stereocenters. The van der Waals surface area contributed by atoms with Crippen LogP contribution < -0.4 is 27.4 Å². The van der Waals surface area contributed by atoms with E-state index in [0.29, 0.717) is 17.9 Å². The highest BCUT2D eigenvalue weighted by molar-refractivity contribution is 8.05. The molecule has 0 bridgehead atoms. The van der Waals surface area contributed by atoms with Crippen LogP contribution in [0.5, 0.6) is 0 Å². The summed E-state index contributed by atoms with van der Waals surface area (Å²) in [6, 6.07) is 3.06. The van der Waals surface area contributed by atoms with Gasteiger partial charge in [0.15, 0.2) is 0 Å². The highest BCUT2D eigenvalue weighted by Gasteiger charge is 2.51. The minimum Gasteiger partial charge on any atom is -0.365 e. The Morgan fingerprint density at radius 3 is 2.30 bits per heavy atom. The Morgan fingerprint density at radius 2 is 1.89 bits per heavy atom. The molecule has 0 aliphatic carbocycles. The van der Waals surface area contributed by atoms with E-state index in [2.05, 4.69) is 20.9 Å². The number of hydrogen-bond donors (Lipinski definition) is 5. The zero-order chi connectivity index (χ0) is 20.4. The zero-order valence-electron chi connectivity index (χ0n) is 15.7. The monoisotopic (exact) mass is 392 g/mol. The lowest BCUT2D eigenvalue weighted by atomic mass is 9.81. The van der Waals surface area contributed by atoms with Crippen molar-refractivity contribution in [2.75, 3.05) is 11.9 Å². The predicted molar refractivity (Wildman–Crippen MR) is 104 cm³/mol. The maximum absolute atomic E-state index is 11.8. The summed E-state index contributed by atoms with van der Waals surface area (Å²) in [7, 11) is 0. The van der Waals surface area contributed by atoms with Gasteiger partial charge in [0, 0.05) is 18.3 Å². The number of carbonyl (C=O) groups excluding carboxylic acids is 3. The zero-order valence-corrected chi connectivity index (χ0v) is 16.5. The molecule has 0 radical (unpaired) electrons. The van der Waals surface area contributed by atoms with Gasteiger partial charge in [-0.25, -0.2) is 9.78 Å². The SMILES string of the molecule is CCNC(=O)Nc1ccc(C2(C(C)(C)C)NC(C(N)=O)=C(C(N)=O)S2)cn1. The molecule has 9 nitrogen and oxygen atoms in total. The molecule has 0 spiro atoms. The van der Waals surface area contributed by atoms with Gasteiger partial charge in [-0.2, -0.15) is 0 Å². The van der Waals surface area contributed by atoms with Crippen LogP contribution in [0.2, 0.25) is 0 Å². The molecule has 10 heteroatoms. The molecule has 27 heavy (non-hydrogen) atoms. The van der Waals surface area contributed by atoms with Gasteiger partial charge in [-0.15, -0.1) is 0 Å². The first-order chi connectivity index (χ1) is 12.5. The predicted octanol–water partition coefficient (Wildman–Crippen LogP) is 0.941. The molecular formula is C17H24N6O3S. The number of amides is 4. The number of nitrogens with one attached hydrogen (secondary N) is 3. The van der Waals surface area contributed by atoms with E-state index in [-0.39, 0.29) is 16.6 Å². The number of thioether (sulfide) groups is 1. The second kappa shape index (κ2) is 7.47. The highest BCUT2D eigenvalue weighted by atomic mass is 32.2. The lowest BCUT2D eigenvalue weighted by Crippen LogP contribution is -2.48. The van der Waals surface area contributed by atoms with Crippen molar-refractivity contribution in [1.29, 1.82) is 0 Å². The molecule has 0 saturated heterocycles. The number of aromatic nitrogens is 1. The molecule has 0 aromatic carbocycles. The Morgan fingerprint density at radius 1 is 1.22 bits per heavy atom. The van der Waals surface area contributed by atoms with E-state index in [9.17, 15) is 14.4 Å². The van der Waals surface area contributed by atoms with Crippen LogP contribution in [0.4, 0.5) is 10.6 Å². The lowest BCUT2D eigenvalue weighted by molar-refractivity contribution is -0.117. The van der Waals surface area contributed by atoms with E-state index >= 15 is 0 Å². The molecule has 1 aromatic rings. The number of hydrogen-bond acceptors (Lipinski definition) is 6. The molecule has 0 fully saturated rings. The lowest BCUT2D eigenvalue weighted by Gasteiger charge is -2.42. The molecule has 2 heterocycles. The molecule has 1 unspecified atom stereocenters. The van der Waals surface area contributed by atoms with E-state index in [0.717, 1.165) is 11.8 Å². The number of nitrogens with two attached hydrogens (primary N) is 2. The first-order valence-corrected chi connectivity index (χ1v) is 9.16. The molecule has 146 valence electrons. The summed E-state index contributed by atoms with van der Waals surface area (Å²) in [5.41, 5.74) is 11.1. The third kappa shape index (κ3) is 4.00. The molecule has 0 saturated carbocycles. The van der Waals surface area contributed by atoms with Crippen molar-refractivity contribution in [3.05, 3.63) is 34.5 Å². The maximum Gasteiger partial charge on any atom is 0.320 e. The Labute approximate surface area is 161 Å². The minimum atomic E-state index is -0.890. The molecule has 1 aliphatic rings. The van der Waals surface area contributed by atoms with Crippen LogP contribution in [0.25, 0.3) is 0 Å². The van der Waals surface area contributed by atoms with Crippen molar-refractivity contribution in [1.82, 2.24) is 15.6 Å². The van der Waals surface area contributed by atoms with Crippen LogP contribution in [-0.2, 0) is 14.5 Å². The van der Waals surface area contributed by atoms with Gasteiger partial charge in [0.1, 0.15) is 21.3 Å². The summed E-state index contributed by atoms with van der Waals surface area (Å²) in [4.78, 5) is 38.7. The average molecular weight is 392 g/mol. The molecular weight excluding hydrogens is 368 g/mol. The van der Waals surface area contributed by atoms with E-state index in [1.54, 1.807) is 18.3 Å². The number of carbonyl (C=O) groups is 3. The molecule has 1 aliphatic heterocycles. The third-order valence-electron chi connectivity index (χ3n) is 4.06. The number of anilines is 1. The Bertz CT molecular complexity index is 772. The quantitative estimate of drug-likeness (QED) is 0.503. The summed E-state index contributed by atoms with van der Waals surface area (Å²) in [6.45, 7) is 8.17. The summed E-state index contributed by atoms with van der Waals surface area (Å²) in [6.07, 6.45) is 1.58. The van der Waals surface area contributed by atoms with Crippen LogP contribution in [0.1, 0.15) is 33.3 Å². The summed E-state index contributed by atoms with van der Waals surface area (Å²) in [5, 5.41) is 8.33. The molecule has 1 aromatic heterocycles. The summed E-state index contributed by atoms with van der Waals surface area (Å²) >= 11 is 1.14. The average Bonchev–Trinajstić information content (AvgIpc) is 2.98. The second-order valence-corrected chi connectivity index (χ2v) is 8.23.